The summed E-state index contributed by atoms with van der Waals surface area (Å²) in [4.78, 5) is -0.0368. The van der Waals surface area contributed by atoms with Gasteiger partial charge in [-0.05, 0) is 17.7 Å². The molecule has 1 atom stereocenters. The van der Waals surface area contributed by atoms with E-state index in [1.807, 2.05) is 30.3 Å². The fourth-order valence-electron chi connectivity index (χ4n) is 2.17. The Labute approximate surface area is 148 Å². The molecule has 0 aliphatic rings. The minimum atomic E-state index is -3.83. The molecule has 2 rings (SSSR count). The second-order valence-corrected chi connectivity index (χ2v) is 6.56. The third-order valence-corrected chi connectivity index (χ3v) is 4.86. The Bertz CT molecular complexity index is 732. The van der Waals surface area contributed by atoms with Crippen molar-refractivity contribution in [2.75, 3.05) is 20.8 Å². The monoisotopic (exact) mass is 372 g/mol. The molecule has 0 aromatic heterocycles. The van der Waals surface area contributed by atoms with Gasteiger partial charge in [0.15, 0.2) is 4.90 Å². The Morgan fingerprint density at radius 2 is 1.54 bits per heavy atom. The molecule has 0 aliphatic heterocycles. The summed E-state index contributed by atoms with van der Waals surface area (Å²) in [6.45, 7) is 0.0630. The number of rotatable bonds is 7. The molecule has 1 unspecified atom stereocenters. The normalized spacial score (nSPS) is 12.1. The molecule has 3 N–H and O–H groups in total. The maximum atomic E-state index is 12.6. The van der Waals surface area contributed by atoms with Crippen molar-refractivity contribution >= 4 is 22.4 Å². The van der Waals surface area contributed by atoms with E-state index in [1.165, 1.54) is 14.2 Å². The van der Waals surface area contributed by atoms with E-state index in [0.717, 1.165) is 5.56 Å². The molecule has 0 heterocycles. The second kappa shape index (κ2) is 8.89. The molecule has 0 saturated carbocycles. The van der Waals surface area contributed by atoms with Gasteiger partial charge in [0.2, 0.25) is 10.0 Å². The molecule has 0 amide bonds. The zero-order valence-electron chi connectivity index (χ0n) is 13.4. The molecule has 0 fully saturated rings. The Hall–Kier alpha value is -1.80. The third kappa shape index (κ3) is 4.61. The van der Waals surface area contributed by atoms with Gasteiger partial charge in [0.1, 0.15) is 11.5 Å². The first-order valence-corrected chi connectivity index (χ1v) is 8.49. The van der Waals surface area contributed by atoms with Gasteiger partial charge in [0, 0.05) is 12.6 Å². The van der Waals surface area contributed by atoms with Crippen LogP contribution in [0.5, 0.6) is 11.5 Å². The molecule has 132 valence electrons. The number of halogens is 1. The summed E-state index contributed by atoms with van der Waals surface area (Å²) in [5, 5.41) is 0. The smallest absolute Gasteiger partial charge is 0.248 e. The Kier molecular flexibility index (Phi) is 7.50. The summed E-state index contributed by atoms with van der Waals surface area (Å²) >= 11 is 0. The summed E-state index contributed by atoms with van der Waals surface area (Å²) in [6, 6.07) is 13.6. The van der Waals surface area contributed by atoms with Crippen LogP contribution in [0.3, 0.4) is 0 Å². The van der Waals surface area contributed by atoms with Crippen molar-refractivity contribution < 1.29 is 17.9 Å². The number of nitrogens with one attached hydrogen (secondary N) is 1. The van der Waals surface area contributed by atoms with Crippen LogP contribution in [0.25, 0.3) is 0 Å². The molecular formula is C16H21ClN2O4S. The van der Waals surface area contributed by atoms with Crippen LogP contribution in [0.1, 0.15) is 11.6 Å². The van der Waals surface area contributed by atoms with Gasteiger partial charge in [-0.15, -0.1) is 12.4 Å². The van der Waals surface area contributed by atoms with Crippen molar-refractivity contribution in [1.82, 2.24) is 4.72 Å². The molecule has 24 heavy (non-hydrogen) atoms. The van der Waals surface area contributed by atoms with Gasteiger partial charge in [-0.2, -0.15) is 0 Å². The van der Waals surface area contributed by atoms with Gasteiger partial charge < -0.3 is 15.2 Å². The average molecular weight is 373 g/mol. The lowest BCUT2D eigenvalue weighted by molar-refractivity contribution is 0.372. The molecule has 0 aliphatic carbocycles. The number of hydrogen-bond donors (Lipinski definition) is 2. The fourth-order valence-corrected chi connectivity index (χ4v) is 3.55. The van der Waals surface area contributed by atoms with Gasteiger partial charge in [0.05, 0.1) is 14.2 Å². The van der Waals surface area contributed by atoms with Crippen LogP contribution in [0.4, 0.5) is 0 Å². The van der Waals surface area contributed by atoms with Crippen molar-refractivity contribution in [2.24, 2.45) is 5.73 Å². The van der Waals surface area contributed by atoms with Crippen molar-refractivity contribution in [1.29, 1.82) is 0 Å². The summed E-state index contributed by atoms with van der Waals surface area (Å²) in [6.07, 6.45) is 0. The van der Waals surface area contributed by atoms with E-state index in [0.29, 0.717) is 0 Å². The number of hydrogen-bond acceptors (Lipinski definition) is 5. The summed E-state index contributed by atoms with van der Waals surface area (Å²) in [7, 11) is -1.02. The molecule has 2 aromatic carbocycles. The quantitative estimate of drug-likeness (QED) is 0.776. The molecule has 0 spiro atoms. The predicted octanol–water partition coefficient (Wildman–Crippen LogP) is 2.10. The summed E-state index contributed by atoms with van der Waals surface area (Å²) in [5.41, 5.74) is 6.88. The van der Waals surface area contributed by atoms with Gasteiger partial charge in [-0.3, -0.25) is 0 Å². The van der Waals surface area contributed by atoms with Crippen molar-refractivity contribution in [2.45, 2.75) is 10.9 Å². The van der Waals surface area contributed by atoms with Gasteiger partial charge >= 0.3 is 0 Å². The highest BCUT2D eigenvalue weighted by atomic mass is 35.5. The highest BCUT2D eigenvalue weighted by molar-refractivity contribution is 7.89. The number of ether oxygens (including phenoxy) is 2. The minimum absolute atomic E-state index is 0. The minimum Gasteiger partial charge on any atom is -0.495 e. The number of benzene rings is 2. The van der Waals surface area contributed by atoms with E-state index in [-0.39, 0.29) is 35.3 Å². The topological polar surface area (TPSA) is 90.6 Å². The molecule has 8 heteroatoms. The molecule has 0 radical (unpaired) electrons. The van der Waals surface area contributed by atoms with E-state index in [4.69, 9.17) is 15.2 Å². The van der Waals surface area contributed by atoms with Crippen LogP contribution in [0, 0.1) is 0 Å². The predicted molar refractivity (Wildman–Crippen MR) is 95.4 cm³/mol. The first-order valence-electron chi connectivity index (χ1n) is 7.00. The fraction of sp³-hybridized carbons (Fsp3) is 0.250. The van der Waals surface area contributed by atoms with Crippen molar-refractivity contribution in [3.8, 4) is 11.5 Å². The standard InChI is InChI=1S/C16H20N2O4S.ClH/c1-21-14-9-6-10-15(22-2)16(14)23(19,20)18-11-13(17)12-7-4-3-5-8-12;/h3-10,13,18H,11,17H2,1-2H3;1H. The SMILES string of the molecule is COc1cccc(OC)c1S(=O)(=O)NCC(N)c1ccccc1.Cl. The zero-order chi connectivity index (χ0) is 16.9. The van der Waals surface area contributed by atoms with Gasteiger partial charge in [-0.1, -0.05) is 36.4 Å². The molecule has 2 aromatic rings. The largest absolute Gasteiger partial charge is 0.495 e. The van der Waals surface area contributed by atoms with Crippen LogP contribution >= 0.6 is 12.4 Å². The number of sulfonamides is 1. The first kappa shape index (κ1) is 20.2. The number of methoxy groups -OCH3 is 2. The maximum absolute atomic E-state index is 12.6. The Morgan fingerprint density at radius 1 is 1.00 bits per heavy atom. The molecule has 6 nitrogen and oxygen atoms in total. The lowest BCUT2D eigenvalue weighted by atomic mass is 10.1. The molecule has 0 bridgehead atoms. The van der Waals surface area contributed by atoms with E-state index >= 15 is 0 Å². The Balaban J connectivity index is 0.00000288. The van der Waals surface area contributed by atoms with Crippen LogP contribution in [0.2, 0.25) is 0 Å². The number of nitrogens with two attached hydrogens (primary N) is 1. The van der Waals surface area contributed by atoms with E-state index in [1.54, 1.807) is 18.2 Å². The lowest BCUT2D eigenvalue weighted by Crippen LogP contribution is -2.32. The molecule has 0 saturated heterocycles. The van der Waals surface area contributed by atoms with Crippen molar-refractivity contribution in [3.63, 3.8) is 0 Å². The summed E-state index contributed by atoms with van der Waals surface area (Å²) < 4.78 is 38.0. The lowest BCUT2D eigenvalue weighted by Gasteiger charge is -2.16. The van der Waals surface area contributed by atoms with Crippen LogP contribution in [-0.2, 0) is 10.0 Å². The summed E-state index contributed by atoms with van der Waals surface area (Å²) in [5.74, 6) is 0.426. The third-order valence-electron chi connectivity index (χ3n) is 3.37. The zero-order valence-corrected chi connectivity index (χ0v) is 15.1. The van der Waals surface area contributed by atoms with E-state index in [2.05, 4.69) is 4.72 Å². The van der Waals surface area contributed by atoms with Crippen molar-refractivity contribution in [3.05, 3.63) is 54.1 Å². The van der Waals surface area contributed by atoms with Gasteiger partial charge in [0.25, 0.3) is 0 Å². The maximum Gasteiger partial charge on any atom is 0.248 e. The van der Waals surface area contributed by atoms with Crippen LogP contribution in [-0.4, -0.2) is 29.2 Å². The average Bonchev–Trinajstić information content (AvgIpc) is 2.59. The van der Waals surface area contributed by atoms with Crippen LogP contribution in [0.15, 0.2) is 53.4 Å². The van der Waals surface area contributed by atoms with Gasteiger partial charge in [-0.25, -0.2) is 13.1 Å². The molecular weight excluding hydrogens is 352 g/mol. The highest BCUT2D eigenvalue weighted by Gasteiger charge is 2.25. The first-order chi connectivity index (χ1) is 11.0. The van der Waals surface area contributed by atoms with E-state index in [9.17, 15) is 8.42 Å². The Morgan fingerprint density at radius 3 is 2.04 bits per heavy atom. The second-order valence-electron chi connectivity index (χ2n) is 4.86. The van der Waals surface area contributed by atoms with Crippen LogP contribution < -0.4 is 19.9 Å². The highest BCUT2D eigenvalue weighted by Crippen LogP contribution is 2.32. The van der Waals surface area contributed by atoms with E-state index < -0.39 is 16.1 Å².